The molecule has 17 heavy (non-hydrogen) atoms. The van der Waals surface area contributed by atoms with Crippen molar-refractivity contribution < 1.29 is 14.3 Å². The molecule has 1 aromatic heterocycles. The monoisotopic (exact) mass is 254 g/mol. The van der Waals surface area contributed by atoms with Crippen molar-refractivity contribution in [2.75, 3.05) is 12.4 Å². The van der Waals surface area contributed by atoms with E-state index in [1.807, 2.05) is 11.6 Å². The van der Waals surface area contributed by atoms with Crippen molar-refractivity contribution in [3.8, 4) is 0 Å². The lowest BCUT2D eigenvalue weighted by molar-refractivity contribution is 0.0697. The highest BCUT2D eigenvalue weighted by Crippen LogP contribution is 2.23. The molecular formula is C11H11FN2O2S. The fourth-order valence-electron chi connectivity index (χ4n) is 1.57. The lowest BCUT2D eigenvalue weighted by Crippen LogP contribution is -1.95. The van der Waals surface area contributed by atoms with Gasteiger partial charge in [-0.2, -0.15) is 0 Å². The number of aromatic nitrogens is 2. The number of nitrogens with zero attached hydrogens (tertiary/aromatic N) is 2. The van der Waals surface area contributed by atoms with E-state index in [9.17, 15) is 9.18 Å². The van der Waals surface area contributed by atoms with Gasteiger partial charge in [0.25, 0.3) is 0 Å². The number of carboxylic acid groups (broad SMARTS) is 1. The molecule has 6 heteroatoms. The molecular weight excluding hydrogens is 243 g/mol. The summed E-state index contributed by atoms with van der Waals surface area (Å²) >= 11 is 1.32. The Morgan fingerprint density at radius 1 is 1.59 bits per heavy atom. The third-order valence-corrected chi connectivity index (χ3v) is 3.38. The molecule has 2 aromatic rings. The lowest BCUT2D eigenvalue weighted by Gasteiger charge is -1.99. The van der Waals surface area contributed by atoms with E-state index in [4.69, 9.17) is 5.11 Å². The molecule has 1 aromatic carbocycles. The number of halogens is 1. The van der Waals surface area contributed by atoms with Gasteiger partial charge in [-0.15, -0.1) is 0 Å². The standard InChI is InChI=1S/C11H11FN2O2S/c1-14-9-3-2-7(10(15)16)6-8(9)13-11(14)17-5-4-12/h2-3,6H,4-5H2,1H3,(H,15,16). The average Bonchev–Trinajstić information content (AvgIpc) is 2.63. The molecule has 0 amide bonds. The van der Waals surface area contributed by atoms with Crippen LogP contribution in [0.15, 0.2) is 23.4 Å². The molecule has 1 N–H and O–H groups in total. The van der Waals surface area contributed by atoms with Gasteiger partial charge >= 0.3 is 5.97 Å². The van der Waals surface area contributed by atoms with Gasteiger partial charge in [-0.1, -0.05) is 11.8 Å². The Balaban J connectivity index is 2.45. The first-order valence-electron chi connectivity index (χ1n) is 5.02. The Bertz CT molecular complexity index is 568. The Labute approximate surface area is 101 Å². The van der Waals surface area contributed by atoms with Gasteiger partial charge < -0.3 is 9.67 Å². The second kappa shape index (κ2) is 4.75. The average molecular weight is 254 g/mol. The minimum absolute atomic E-state index is 0.206. The highest BCUT2D eigenvalue weighted by molar-refractivity contribution is 7.99. The van der Waals surface area contributed by atoms with Crippen molar-refractivity contribution >= 4 is 28.8 Å². The normalized spacial score (nSPS) is 10.9. The second-order valence-electron chi connectivity index (χ2n) is 3.50. The molecule has 0 aliphatic carbocycles. The summed E-state index contributed by atoms with van der Waals surface area (Å²) < 4.78 is 13.9. The molecule has 0 spiro atoms. The lowest BCUT2D eigenvalue weighted by atomic mass is 10.2. The number of rotatable bonds is 4. The Morgan fingerprint density at radius 2 is 2.35 bits per heavy atom. The summed E-state index contributed by atoms with van der Waals surface area (Å²) in [7, 11) is 1.83. The number of hydrogen-bond acceptors (Lipinski definition) is 3. The third kappa shape index (κ3) is 2.26. The molecule has 4 nitrogen and oxygen atoms in total. The zero-order chi connectivity index (χ0) is 12.4. The summed E-state index contributed by atoms with van der Waals surface area (Å²) in [6.07, 6.45) is 0. The number of fused-ring (bicyclic) bond motifs is 1. The second-order valence-corrected chi connectivity index (χ2v) is 4.56. The first kappa shape index (κ1) is 11.9. The van der Waals surface area contributed by atoms with E-state index in [2.05, 4.69) is 4.98 Å². The fourth-order valence-corrected chi connectivity index (χ4v) is 2.28. The minimum atomic E-state index is -0.976. The molecule has 0 bridgehead atoms. The molecule has 90 valence electrons. The Kier molecular flexibility index (Phi) is 3.33. The van der Waals surface area contributed by atoms with Crippen LogP contribution < -0.4 is 0 Å². The molecule has 0 aliphatic heterocycles. The van der Waals surface area contributed by atoms with Crippen LogP contribution in [0, 0.1) is 0 Å². The van der Waals surface area contributed by atoms with Gasteiger partial charge in [-0.3, -0.25) is 4.39 Å². The SMILES string of the molecule is Cn1c(SCCF)nc2cc(C(=O)O)ccc21. The number of benzene rings is 1. The smallest absolute Gasteiger partial charge is 0.335 e. The minimum Gasteiger partial charge on any atom is -0.478 e. The van der Waals surface area contributed by atoms with Crippen LogP contribution in [0.4, 0.5) is 4.39 Å². The zero-order valence-corrected chi connectivity index (χ0v) is 10.00. The first-order valence-corrected chi connectivity index (χ1v) is 6.00. The van der Waals surface area contributed by atoms with Crippen molar-refractivity contribution in [2.45, 2.75) is 5.16 Å². The summed E-state index contributed by atoms with van der Waals surface area (Å²) in [4.78, 5) is 15.1. The van der Waals surface area contributed by atoms with Gasteiger partial charge in [-0.25, -0.2) is 9.78 Å². The molecule has 2 rings (SSSR count). The molecule has 0 atom stereocenters. The van der Waals surface area contributed by atoms with Gasteiger partial charge in [0.15, 0.2) is 5.16 Å². The molecule has 1 heterocycles. The van der Waals surface area contributed by atoms with Crippen LogP contribution in [-0.4, -0.2) is 33.1 Å². The van der Waals surface area contributed by atoms with Crippen LogP contribution in [0.2, 0.25) is 0 Å². The number of alkyl halides is 1. The van der Waals surface area contributed by atoms with Crippen molar-refractivity contribution in [3.05, 3.63) is 23.8 Å². The molecule has 0 saturated carbocycles. The maximum atomic E-state index is 12.1. The van der Waals surface area contributed by atoms with Crippen LogP contribution in [0.25, 0.3) is 11.0 Å². The summed E-state index contributed by atoms with van der Waals surface area (Å²) in [5, 5.41) is 9.57. The number of thioether (sulfide) groups is 1. The van der Waals surface area contributed by atoms with Crippen LogP contribution in [0.5, 0.6) is 0 Å². The van der Waals surface area contributed by atoms with Gasteiger partial charge in [0.1, 0.15) is 0 Å². The number of carboxylic acids is 1. The molecule has 0 unspecified atom stereocenters. The predicted octanol–water partition coefficient (Wildman–Crippen LogP) is 2.33. The van der Waals surface area contributed by atoms with E-state index in [1.54, 1.807) is 6.07 Å². The predicted molar refractivity (Wildman–Crippen MR) is 64.4 cm³/mol. The van der Waals surface area contributed by atoms with Crippen LogP contribution >= 0.6 is 11.8 Å². The molecule has 0 radical (unpaired) electrons. The number of aromatic carboxylic acids is 1. The van der Waals surface area contributed by atoms with Gasteiger partial charge in [0.05, 0.1) is 23.3 Å². The fraction of sp³-hybridized carbons (Fsp3) is 0.273. The zero-order valence-electron chi connectivity index (χ0n) is 9.18. The Hall–Kier alpha value is -1.56. The highest BCUT2D eigenvalue weighted by Gasteiger charge is 2.10. The number of hydrogen-bond donors (Lipinski definition) is 1. The molecule has 0 aliphatic rings. The van der Waals surface area contributed by atoms with E-state index < -0.39 is 12.6 Å². The summed E-state index contributed by atoms with van der Waals surface area (Å²) in [6, 6.07) is 4.78. The molecule has 0 saturated heterocycles. The quantitative estimate of drug-likeness (QED) is 0.851. The van der Waals surface area contributed by atoms with Gasteiger partial charge in [0, 0.05) is 12.8 Å². The first-order chi connectivity index (χ1) is 8.13. The van der Waals surface area contributed by atoms with Crippen molar-refractivity contribution in [1.29, 1.82) is 0 Å². The van der Waals surface area contributed by atoms with E-state index in [0.29, 0.717) is 16.4 Å². The van der Waals surface area contributed by atoms with Crippen molar-refractivity contribution in [1.82, 2.24) is 9.55 Å². The highest BCUT2D eigenvalue weighted by atomic mass is 32.2. The largest absolute Gasteiger partial charge is 0.478 e. The van der Waals surface area contributed by atoms with Crippen LogP contribution in [0.3, 0.4) is 0 Å². The molecule has 0 fully saturated rings. The summed E-state index contributed by atoms with van der Waals surface area (Å²) in [5.74, 6) is -0.626. The van der Waals surface area contributed by atoms with E-state index in [0.717, 1.165) is 5.52 Å². The van der Waals surface area contributed by atoms with Crippen molar-refractivity contribution in [3.63, 3.8) is 0 Å². The van der Waals surface area contributed by atoms with Crippen LogP contribution in [0.1, 0.15) is 10.4 Å². The van der Waals surface area contributed by atoms with Gasteiger partial charge in [0.2, 0.25) is 0 Å². The van der Waals surface area contributed by atoms with Crippen LogP contribution in [-0.2, 0) is 7.05 Å². The summed E-state index contributed by atoms with van der Waals surface area (Å²) in [5.41, 5.74) is 1.67. The van der Waals surface area contributed by atoms with E-state index in [1.165, 1.54) is 23.9 Å². The van der Waals surface area contributed by atoms with E-state index >= 15 is 0 Å². The van der Waals surface area contributed by atoms with Crippen molar-refractivity contribution in [2.24, 2.45) is 7.05 Å². The van der Waals surface area contributed by atoms with Gasteiger partial charge in [-0.05, 0) is 18.2 Å². The van der Waals surface area contributed by atoms with E-state index in [-0.39, 0.29) is 5.56 Å². The Morgan fingerprint density at radius 3 is 3.00 bits per heavy atom. The number of imidazole rings is 1. The topological polar surface area (TPSA) is 55.1 Å². The third-order valence-electron chi connectivity index (χ3n) is 2.40. The number of carbonyl (C=O) groups is 1. The maximum Gasteiger partial charge on any atom is 0.335 e. The summed E-state index contributed by atoms with van der Waals surface area (Å²) in [6.45, 7) is -0.408. The maximum absolute atomic E-state index is 12.1. The number of aryl methyl sites for hydroxylation is 1.